The van der Waals surface area contributed by atoms with Gasteiger partial charge in [-0.3, -0.25) is 9.59 Å². The van der Waals surface area contributed by atoms with Crippen LogP contribution in [-0.4, -0.2) is 40.9 Å². The molecule has 1 heterocycles. The SMILES string of the molecule is CCN(CC)C(=O)CNC(=O)Cc1ccc(-n2cccc2)cc1. The topological polar surface area (TPSA) is 54.3 Å². The molecule has 2 aromatic rings. The highest BCUT2D eigenvalue weighted by molar-refractivity contribution is 5.85. The molecule has 1 N–H and O–H groups in total. The number of nitrogens with one attached hydrogen (secondary N) is 1. The van der Waals surface area contributed by atoms with E-state index in [1.165, 1.54) is 0 Å². The fourth-order valence-corrected chi connectivity index (χ4v) is 2.40. The lowest BCUT2D eigenvalue weighted by atomic mass is 10.1. The number of benzene rings is 1. The maximum absolute atomic E-state index is 11.9. The Kier molecular flexibility index (Phi) is 5.97. The van der Waals surface area contributed by atoms with Crippen LogP contribution in [0.3, 0.4) is 0 Å². The molecule has 0 bridgehead atoms. The number of hydrogen-bond acceptors (Lipinski definition) is 2. The Labute approximate surface area is 136 Å². The van der Waals surface area contributed by atoms with Gasteiger partial charge in [0.05, 0.1) is 13.0 Å². The summed E-state index contributed by atoms with van der Waals surface area (Å²) in [5, 5.41) is 2.69. The lowest BCUT2D eigenvalue weighted by Crippen LogP contribution is -2.40. The molecule has 5 heteroatoms. The van der Waals surface area contributed by atoms with Crippen LogP contribution in [0.5, 0.6) is 0 Å². The van der Waals surface area contributed by atoms with Crippen molar-refractivity contribution in [1.82, 2.24) is 14.8 Å². The molecular weight excluding hydrogens is 290 g/mol. The molecule has 0 radical (unpaired) electrons. The molecule has 2 amide bonds. The third kappa shape index (κ3) is 4.71. The summed E-state index contributed by atoms with van der Waals surface area (Å²) in [5.74, 6) is -0.189. The molecule has 0 fully saturated rings. The van der Waals surface area contributed by atoms with Crippen molar-refractivity contribution in [2.75, 3.05) is 19.6 Å². The van der Waals surface area contributed by atoms with E-state index >= 15 is 0 Å². The van der Waals surface area contributed by atoms with E-state index < -0.39 is 0 Å². The van der Waals surface area contributed by atoms with Crippen molar-refractivity contribution in [1.29, 1.82) is 0 Å². The van der Waals surface area contributed by atoms with Crippen molar-refractivity contribution in [3.8, 4) is 5.69 Å². The average molecular weight is 313 g/mol. The van der Waals surface area contributed by atoms with Crippen molar-refractivity contribution < 1.29 is 9.59 Å². The molecular formula is C18H23N3O2. The van der Waals surface area contributed by atoms with Gasteiger partial charge < -0.3 is 14.8 Å². The second-order valence-corrected chi connectivity index (χ2v) is 5.28. The fourth-order valence-electron chi connectivity index (χ4n) is 2.40. The molecule has 5 nitrogen and oxygen atoms in total. The third-order valence-corrected chi connectivity index (χ3v) is 3.76. The average Bonchev–Trinajstić information content (AvgIpc) is 3.09. The van der Waals surface area contributed by atoms with Crippen LogP contribution in [0.1, 0.15) is 19.4 Å². The molecule has 122 valence electrons. The Balaban J connectivity index is 1.84. The van der Waals surface area contributed by atoms with E-state index in [2.05, 4.69) is 5.32 Å². The van der Waals surface area contributed by atoms with Crippen molar-refractivity contribution in [2.24, 2.45) is 0 Å². The molecule has 2 rings (SSSR count). The second kappa shape index (κ2) is 8.17. The second-order valence-electron chi connectivity index (χ2n) is 5.28. The lowest BCUT2D eigenvalue weighted by Gasteiger charge is -2.18. The lowest BCUT2D eigenvalue weighted by molar-refractivity contribution is -0.132. The molecule has 0 saturated heterocycles. The van der Waals surface area contributed by atoms with E-state index in [9.17, 15) is 9.59 Å². The molecule has 1 aromatic carbocycles. The van der Waals surface area contributed by atoms with Crippen molar-refractivity contribution in [3.63, 3.8) is 0 Å². The fraction of sp³-hybridized carbons (Fsp3) is 0.333. The van der Waals surface area contributed by atoms with E-state index in [1.807, 2.05) is 67.2 Å². The highest BCUT2D eigenvalue weighted by atomic mass is 16.2. The summed E-state index contributed by atoms with van der Waals surface area (Å²) in [4.78, 5) is 25.5. The van der Waals surface area contributed by atoms with Gasteiger partial charge in [-0.25, -0.2) is 0 Å². The van der Waals surface area contributed by atoms with Crippen LogP contribution >= 0.6 is 0 Å². The first-order valence-corrected chi connectivity index (χ1v) is 7.90. The standard InChI is InChI=1S/C18H23N3O2/c1-3-20(4-2)18(23)14-19-17(22)13-15-7-9-16(10-8-15)21-11-5-6-12-21/h5-12H,3-4,13-14H2,1-2H3,(H,19,22). The summed E-state index contributed by atoms with van der Waals surface area (Å²) in [6.45, 7) is 5.23. The molecule has 0 unspecified atom stereocenters. The van der Waals surface area contributed by atoms with E-state index in [-0.39, 0.29) is 24.8 Å². The highest BCUT2D eigenvalue weighted by Crippen LogP contribution is 2.10. The number of nitrogens with zero attached hydrogens (tertiary/aromatic N) is 2. The Morgan fingerprint density at radius 2 is 1.65 bits per heavy atom. The predicted octanol–water partition coefficient (Wildman–Crippen LogP) is 2.00. The van der Waals surface area contributed by atoms with Gasteiger partial charge in [0, 0.05) is 31.2 Å². The zero-order chi connectivity index (χ0) is 16.7. The van der Waals surface area contributed by atoms with Gasteiger partial charge in [-0.05, 0) is 43.7 Å². The zero-order valence-corrected chi connectivity index (χ0v) is 13.7. The zero-order valence-electron chi connectivity index (χ0n) is 13.7. The maximum Gasteiger partial charge on any atom is 0.241 e. The summed E-state index contributed by atoms with van der Waals surface area (Å²) >= 11 is 0. The van der Waals surface area contributed by atoms with Gasteiger partial charge in [0.25, 0.3) is 0 Å². The monoisotopic (exact) mass is 313 g/mol. The largest absolute Gasteiger partial charge is 0.347 e. The normalized spacial score (nSPS) is 10.3. The van der Waals surface area contributed by atoms with Gasteiger partial charge in [-0.15, -0.1) is 0 Å². The number of rotatable bonds is 7. The molecule has 0 aliphatic rings. The van der Waals surface area contributed by atoms with E-state index in [0.717, 1.165) is 11.3 Å². The van der Waals surface area contributed by atoms with Crippen molar-refractivity contribution >= 4 is 11.8 Å². The molecule has 1 aromatic heterocycles. The summed E-state index contributed by atoms with van der Waals surface area (Å²) in [6, 6.07) is 11.7. The van der Waals surface area contributed by atoms with Gasteiger partial charge >= 0.3 is 0 Å². The van der Waals surface area contributed by atoms with Crippen LogP contribution in [0.2, 0.25) is 0 Å². The third-order valence-electron chi connectivity index (χ3n) is 3.76. The summed E-state index contributed by atoms with van der Waals surface area (Å²) < 4.78 is 2.01. The summed E-state index contributed by atoms with van der Waals surface area (Å²) in [6.07, 6.45) is 4.22. The Hall–Kier alpha value is -2.56. The van der Waals surface area contributed by atoms with Crippen LogP contribution in [0.4, 0.5) is 0 Å². The number of amides is 2. The number of carbonyl (C=O) groups is 2. The summed E-state index contributed by atoms with van der Waals surface area (Å²) in [5.41, 5.74) is 1.98. The predicted molar refractivity (Wildman–Crippen MR) is 90.4 cm³/mol. The van der Waals surface area contributed by atoms with Crippen LogP contribution in [0, 0.1) is 0 Å². The first kappa shape index (κ1) is 16.8. The van der Waals surface area contributed by atoms with Crippen LogP contribution in [0.25, 0.3) is 5.69 Å². The molecule has 0 atom stereocenters. The van der Waals surface area contributed by atoms with Crippen molar-refractivity contribution in [3.05, 3.63) is 54.4 Å². The number of aromatic nitrogens is 1. The first-order valence-electron chi connectivity index (χ1n) is 7.90. The van der Waals surface area contributed by atoms with Gasteiger partial charge in [0.1, 0.15) is 0 Å². The van der Waals surface area contributed by atoms with E-state index in [1.54, 1.807) is 4.90 Å². The number of carbonyl (C=O) groups excluding carboxylic acids is 2. The number of hydrogen-bond donors (Lipinski definition) is 1. The van der Waals surface area contributed by atoms with E-state index in [0.29, 0.717) is 13.1 Å². The minimum Gasteiger partial charge on any atom is -0.347 e. The van der Waals surface area contributed by atoms with Crippen LogP contribution in [0.15, 0.2) is 48.8 Å². The minimum atomic E-state index is -0.140. The quantitative estimate of drug-likeness (QED) is 0.850. The van der Waals surface area contributed by atoms with Crippen molar-refractivity contribution in [2.45, 2.75) is 20.3 Å². The number of likely N-dealkylation sites (N-methyl/N-ethyl adjacent to an activating group) is 1. The Morgan fingerprint density at radius 1 is 1.04 bits per heavy atom. The summed E-state index contributed by atoms with van der Waals surface area (Å²) in [7, 11) is 0. The van der Waals surface area contributed by atoms with E-state index in [4.69, 9.17) is 0 Å². The molecule has 0 aliphatic carbocycles. The van der Waals surface area contributed by atoms with Crippen LogP contribution < -0.4 is 5.32 Å². The van der Waals surface area contributed by atoms with Gasteiger partial charge in [0.2, 0.25) is 11.8 Å². The Morgan fingerprint density at radius 3 is 2.22 bits per heavy atom. The molecule has 0 spiro atoms. The minimum absolute atomic E-state index is 0.0497. The van der Waals surface area contributed by atoms with Gasteiger partial charge in [-0.2, -0.15) is 0 Å². The highest BCUT2D eigenvalue weighted by Gasteiger charge is 2.11. The molecule has 23 heavy (non-hydrogen) atoms. The molecule has 0 saturated carbocycles. The Bertz CT molecular complexity index is 629. The molecule has 0 aliphatic heterocycles. The first-order chi connectivity index (χ1) is 11.1. The smallest absolute Gasteiger partial charge is 0.241 e. The van der Waals surface area contributed by atoms with Gasteiger partial charge in [0.15, 0.2) is 0 Å². The van der Waals surface area contributed by atoms with Crippen LogP contribution in [-0.2, 0) is 16.0 Å². The van der Waals surface area contributed by atoms with Gasteiger partial charge in [-0.1, -0.05) is 12.1 Å². The maximum atomic E-state index is 11.9.